The standard InChI is InChI=1S/C10H20N2/c1-8(2)10(11)12(3)7-9-5-4-6-9/h8-9,11H,4-7H2,1-3H3. The van der Waals surface area contributed by atoms with Gasteiger partial charge in [-0.25, -0.2) is 0 Å². The highest BCUT2D eigenvalue weighted by molar-refractivity contribution is 5.80. The molecule has 0 aromatic rings. The zero-order chi connectivity index (χ0) is 9.14. The summed E-state index contributed by atoms with van der Waals surface area (Å²) in [6.07, 6.45) is 4.14. The summed E-state index contributed by atoms with van der Waals surface area (Å²) in [4.78, 5) is 2.11. The monoisotopic (exact) mass is 168 g/mol. The first-order valence-corrected chi connectivity index (χ1v) is 4.91. The molecule has 0 unspecified atom stereocenters. The average molecular weight is 168 g/mol. The Morgan fingerprint density at radius 1 is 1.50 bits per heavy atom. The molecule has 0 aromatic heterocycles. The molecule has 0 atom stereocenters. The fraction of sp³-hybridized carbons (Fsp3) is 0.900. The molecule has 1 fully saturated rings. The van der Waals surface area contributed by atoms with Crippen LogP contribution < -0.4 is 0 Å². The van der Waals surface area contributed by atoms with Gasteiger partial charge in [-0.05, 0) is 18.8 Å². The summed E-state index contributed by atoms with van der Waals surface area (Å²) in [6.45, 7) is 5.26. The zero-order valence-electron chi connectivity index (χ0n) is 8.43. The van der Waals surface area contributed by atoms with Gasteiger partial charge >= 0.3 is 0 Å². The van der Waals surface area contributed by atoms with E-state index in [0.29, 0.717) is 5.92 Å². The van der Waals surface area contributed by atoms with E-state index in [1.165, 1.54) is 19.3 Å². The molecule has 12 heavy (non-hydrogen) atoms. The van der Waals surface area contributed by atoms with Crippen LogP contribution in [0.15, 0.2) is 0 Å². The molecule has 0 amide bonds. The van der Waals surface area contributed by atoms with E-state index in [2.05, 4.69) is 18.7 Å². The Morgan fingerprint density at radius 2 is 2.08 bits per heavy atom. The van der Waals surface area contributed by atoms with Crippen molar-refractivity contribution in [1.82, 2.24) is 4.90 Å². The van der Waals surface area contributed by atoms with E-state index >= 15 is 0 Å². The molecule has 2 nitrogen and oxygen atoms in total. The first-order chi connectivity index (χ1) is 5.61. The third kappa shape index (κ3) is 2.23. The molecular formula is C10H20N2. The predicted octanol–water partition coefficient (Wildman–Crippen LogP) is 2.35. The van der Waals surface area contributed by atoms with Crippen LogP contribution in [0, 0.1) is 17.2 Å². The van der Waals surface area contributed by atoms with Gasteiger partial charge < -0.3 is 4.90 Å². The molecule has 0 saturated heterocycles. The molecule has 1 aliphatic rings. The second kappa shape index (κ2) is 3.92. The van der Waals surface area contributed by atoms with Crippen molar-refractivity contribution in [2.75, 3.05) is 13.6 Å². The van der Waals surface area contributed by atoms with Crippen LogP contribution in [0.3, 0.4) is 0 Å². The molecule has 1 rings (SSSR count). The van der Waals surface area contributed by atoms with Gasteiger partial charge in [-0.2, -0.15) is 0 Å². The summed E-state index contributed by atoms with van der Waals surface area (Å²) in [5.74, 6) is 2.02. The minimum atomic E-state index is 0.370. The van der Waals surface area contributed by atoms with Crippen LogP contribution in [-0.4, -0.2) is 24.3 Å². The summed E-state index contributed by atoms with van der Waals surface area (Å²) >= 11 is 0. The third-order valence-corrected chi connectivity index (χ3v) is 2.71. The van der Waals surface area contributed by atoms with Gasteiger partial charge in [0.25, 0.3) is 0 Å². The van der Waals surface area contributed by atoms with Crippen molar-refractivity contribution in [3.8, 4) is 0 Å². The lowest BCUT2D eigenvalue weighted by molar-refractivity contribution is 0.254. The van der Waals surface area contributed by atoms with Crippen LogP contribution in [-0.2, 0) is 0 Å². The minimum Gasteiger partial charge on any atom is -0.363 e. The number of amidine groups is 1. The number of nitrogens with zero attached hydrogens (tertiary/aromatic N) is 1. The summed E-state index contributed by atoms with van der Waals surface area (Å²) in [5.41, 5.74) is 0. The predicted molar refractivity (Wildman–Crippen MR) is 52.5 cm³/mol. The lowest BCUT2D eigenvalue weighted by Gasteiger charge is -2.32. The lowest BCUT2D eigenvalue weighted by Crippen LogP contribution is -2.36. The molecule has 0 bridgehead atoms. The molecule has 0 radical (unpaired) electrons. The Kier molecular flexibility index (Phi) is 3.12. The highest BCUT2D eigenvalue weighted by Crippen LogP contribution is 2.26. The minimum absolute atomic E-state index is 0.370. The molecule has 0 aromatic carbocycles. The van der Waals surface area contributed by atoms with E-state index < -0.39 is 0 Å². The third-order valence-electron chi connectivity index (χ3n) is 2.71. The quantitative estimate of drug-likeness (QED) is 0.508. The largest absolute Gasteiger partial charge is 0.363 e. The summed E-state index contributed by atoms with van der Waals surface area (Å²) in [7, 11) is 2.04. The van der Waals surface area contributed by atoms with E-state index in [4.69, 9.17) is 5.41 Å². The van der Waals surface area contributed by atoms with Gasteiger partial charge in [0.1, 0.15) is 0 Å². The molecule has 1 saturated carbocycles. The van der Waals surface area contributed by atoms with E-state index in [9.17, 15) is 0 Å². The normalized spacial score (nSPS) is 17.7. The second-order valence-electron chi connectivity index (χ2n) is 4.22. The molecule has 70 valence electrons. The topological polar surface area (TPSA) is 27.1 Å². The Labute approximate surface area is 75.5 Å². The van der Waals surface area contributed by atoms with Crippen LogP contribution >= 0.6 is 0 Å². The number of hydrogen-bond donors (Lipinski definition) is 1. The first-order valence-electron chi connectivity index (χ1n) is 4.91. The van der Waals surface area contributed by atoms with Crippen LogP contribution in [0.4, 0.5) is 0 Å². The Bertz CT molecular complexity index is 159. The van der Waals surface area contributed by atoms with Gasteiger partial charge in [0.2, 0.25) is 0 Å². The van der Waals surface area contributed by atoms with Crippen molar-refractivity contribution < 1.29 is 0 Å². The molecule has 2 heteroatoms. The summed E-state index contributed by atoms with van der Waals surface area (Å²) in [5, 5.41) is 7.77. The van der Waals surface area contributed by atoms with Crippen LogP contribution in [0.1, 0.15) is 33.1 Å². The van der Waals surface area contributed by atoms with E-state index in [1.54, 1.807) is 0 Å². The van der Waals surface area contributed by atoms with Crippen molar-refractivity contribution in [3.63, 3.8) is 0 Å². The SMILES string of the molecule is CC(C)C(=N)N(C)CC1CCC1. The summed E-state index contributed by atoms with van der Waals surface area (Å²) < 4.78 is 0. The fourth-order valence-electron chi connectivity index (χ4n) is 1.60. The average Bonchev–Trinajstić information content (AvgIpc) is 1.94. The lowest BCUT2D eigenvalue weighted by atomic mass is 9.85. The van der Waals surface area contributed by atoms with Crippen molar-refractivity contribution in [3.05, 3.63) is 0 Å². The van der Waals surface area contributed by atoms with Crippen molar-refractivity contribution in [1.29, 1.82) is 5.41 Å². The van der Waals surface area contributed by atoms with Crippen molar-refractivity contribution in [2.24, 2.45) is 11.8 Å². The maximum absolute atomic E-state index is 7.77. The molecule has 0 heterocycles. The van der Waals surface area contributed by atoms with Gasteiger partial charge in [-0.15, -0.1) is 0 Å². The van der Waals surface area contributed by atoms with Crippen molar-refractivity contribution in [2.45, 2.75) is 33.1 Å². The van der Waals surface area contributed by atoms with Gasteiger partial charge in [-0.3, -0.25) is 5.41 Å². The number of nitrogens with one attached hydrogen (secondary N) is 1. The van der Waals surface area contributed by atoms with Gasteiger partial charge in [0.15, 0.2) is 0 Å². The zero-order valence-corrected chi connectivity index (χ0v) is 8.43. The van der Waals surface area contributed by atoms with Gasteiger partial charge in [0, 0.05) is 19.5 Å². The van der Waals surface area contributed by atoms with E-state index in [-0.39, 0.29) is 0 Å². The molecule has 0 spiro atoms. The second-order valence-corrected chi connectivity index (χ2v) is 4.22. The van der Waals surface area contributed by atoms with Gasteiger partial charge in [-0.1, -0.05) is 20.3 Å². The Balaban J connectivity index is 2.26. The summed E-state index contributed by atoms with van der Waals surface area (Å²) in [6, 6.07) is 0. The smallest absolute Gasteiger partial charge is 0.0981 e. The number of hydrogen-bond acceptors (Lipinski definition) is 1. The van der Waals surface area contributed by atoms with E-state index in [1.807, 2.05) is 7.05 Å². The van der Waals surface area contributed by atoms with Gasteiger partial charge in [0.05, 0.1) is 5.84 Å². The number of rotatable bonds is 3. The molecule has 0 aliphatic heterocycles. The maximum atomic E-state index is 7.77. The fourth-order valence-corrected chi connectivity index (χ4v) is 1.60. The Hall–Kier alpha value is -0.530. The van der Waals surface area contributed by atoms with Crippen LogP contribution in [0.25, 0.3) is 0 Å². The highest BCUT2D eigenvalue weighted by Gasteiger charge is 2.20. The highest BCUT2D eigenvalue weighted by atomic mass is 15.1. The van der Waals surface area contributed by atoms with Crippen molar-refractivity contribution >= 4 is 5.84 Å². The van der Waals surface area contributed by atoms with Crippen LogP contribution in [0.5, 0.6) is 0 Å². The van der Waals surface area contributed by atoms with Crippen LogP contribution in [0.2, 0.25) is 0 Å². The molecule has 1 aliphatic carbocycles. The molecular weight excluding hydrogens is 148 g/mol. The Morgan fingerprint density at radius 3 is 2.42 bits per heavy atom. The first kappa shape index (κ1) is 9.56. The van der Waals surface area contributed by atoms with E-state index in [0.717, 1.165) is 18.3 Å². The molecule has 1 N–H and O–H groups in total. The maximum Gasteiger partial charge on any atom is 0.0981 e.